The monoisotopic (exact) mass is 200 g/mol. The van der Waals surface area contributed by atoms with Crippen molar-refractivity contribution in [3.05, 3.63) is 0 Å². The number of carbonyl (C=O) groups is 2. The summed E-state index contributed by atoms with van der Waals surface area (Å²) in [5.74, 6) is -0.475. The van der Waals surface area contributed by atoms with Crippen LogP contribution in [0, 0.1) is 5.92 Å². The van der Waals surface area contributed by atoms with Crippen LogP contribution in [0.25, 0.3) is 0 Å². The summed E-state index contributed by atoms with van der Waals surface area (Å²) in [6.45, 7) is 0. The van der Waals surface area contributed by atoms with E-state index in [2.05, 4.69) is 10.5 Å². The Labute approximate surface area is 80.6 Å². The second-order valence-electron chi connectivity index (χ2n) is 3.26. The van der Waals surface area contributed by atoms with E-state index in [1.165, 1.54) is 0 Å². The molecule has 14 heavy (non-hydrogen) atoms. The van der Waals surface area contributed by atoms with Gasteiger partial charge in [0.2, 0.25) is 0 Å². The lowest BCUT2D eigenvalue weighted by Crippen LogP contribution is -2.40. The summed E-state index contributed by atoms with van der Waals surface area (Å²) in [5, 5.41) is 21.9. The van der Waals surface area contributed by atoms with E-state index in [9.17, 15) is 9.59 Å². The van der Waals surface area contributed by atoms with E-state index < -0.39 is 12.0 Å². The molecule has 6 heteroatoms. The van der Waals surface area contributed by atoms with E-state index in [-0.39, 0.29) is 11.8 Å². The van der Waals surface area contributed by atoms with Gasteiger partial charge in [0, 0.05) is 12.5 Å². The standard InChI is InChI=1S/C8H12N2O4/c11-7-2-1-6(10-8(12)13)3-5(7)4-9-14/h4-6,10,14H,1-3H2,(H,12,13). The number of carboxylic acid groups (broad SMARTS) is 1. The molecule has 0 bridgehead atoms. The van der Waals surface area contributed by atoms with Crippen LogP contribution in [0.4, 0.5) is 4.79 Å². The van der Waals surface area contributed by atoms with Gasteiger partial charge < -0.3 is 15.6 Å². The number of rotatable bonds is 2. The summed E-state index contributed by atoms with van der Waals surface area (Å²) in [5.41, 5.74) is 0. The molecular weight excluding hydrogens is 188 g/mol. The first-order valence-corrected chi connectivity index (χ1v) is 4.33. The molecule has 0 spiro atoms. The number of hydrogen-bond donors (Lipinski definition) is 3. The van der Waals surface area contributed by atoms with E-state index in [4.69, 9.17) is 10.3 Å². The van der Waals surface area contributed by atoms with E-state index in [1.54, 1.807) is 0 Å². The van der Waals surface area contributed by atoms with Gasteiger partial charge in [-0.25, -0.2) is 4.79 Å². The minimum absolute atomic E-state index is 0.00811. The molecule has 1 saturated carbocycles. The summed E-state index contributed by atoms with van der Waals surface area (Å²) in [6.07, 6.45) is 1.26. The Morgan fingerprint density at radius 3 is 2.93 bits per heavy atom. The molecule has 0 heterocycles. The highest BCUT2D eigenvalue weighted by atomic mass is 16.4. The summed E-state index contributed by atoms with van der Waals surface area (Å²) in [4.78, 5) is 21.6. The Hall–Kier alpha value is -1.59. The van der Waals surface area contributed by atoms with Gasteiger partial charge in [-0.05, 0) is 12.8 Å². The molecule has 1 amide bonds. The fourth-order valence-electron chi connectivity index (χ4n) is 1.59. The maximum Gasteiger partial charge on any atom is 0.404 e. The van der Waals surface area contributed by atoms with E-state index in [1.807, 2.05) is 0 Å². The summed E-state index contributed by atoms with van der Waals surface area (Å²) >= 11 is 0. The minimum Gasteiger partial charge on any atom is -0.465 e. The Morgan fingerprint density at radius 1 is 1.64 bits per heavy atom. The van der Waals surface area contributed by atoms with Gasteiger partial charge in [0.1, 0.15) is 5.78 Å². The third-order valence-corrected chi connectivity index (χ3v) is 2.27. The molecule has 3 N–H and O–H groups in total. The Balaban J connectivity index is 2.52. The maximum atomic E-state index is 11.2. The van der Waals surface area contributed by atoms with Crippen LogP contribution in [-0.4, -0.2) is 34.4 Å². The fraction of sp³-hybridized carbons (Fsp3) is 0.625. The Bertz CT molecular complexity index is 264. The van der Waals surface area contributed by atoms with Crippen LogP contribution in [0.1, 0.15) is 19.3 Å². The highest BCUT2D eigenvalue weighted by Gasteiger charge is 2.28. The maximum absolute atomic E-state index is 11.2. The number of amides is 1. The Morgan fingerprint density at radius 2 is 2.36 bits per heavy atom. The van der Waals surface area contributed by atoms with Gasteiger partial charge in [-0.3, -0.25) is 4.79 Å². The summed E-state index contributed by atoms with van der Waals surface area (Å²) < 4.78 is 0. The molecule has 1 aliphatic rings. The molecule has 0 saturated heterocycles. The molecule has 0 radical (unpaired) electrons. The van der Waals surface area contributed by atoms with Gasteiger partial charge in [0.15, 0.2) is 0 Å². The van der Waals surface area contributed by atoms with Gasteiger partial charge >= 0.3 is 6.09 Å². The van der Waals surface area contributed by atoms with Crippen molar-refractivity contribution in [2.24, 2.45) is 11.1 Å². The summed E-state index contributed by atoms with van der Waals surface area (Å²) in [7, 11) is 0. The molecule has 6 nitrogen and oxygen atoms in total. The normalized spacial score (nSPS) is 27.9. The van der Waals surface area contributed by atoms with Gasteiger partial charge in [0.05, 0.1) is 12.1 Å². The molecule has 1 rings (SSSR count). The van der Waals surface area contributed by atoms with Crippen LogP contribution in [0.5, 0.6) is 0 Å². The van der Waals surface area contributed by atoms with Crippen LogP contribution in [0.3, 0.4) is 0 Å². The zero-order valence-corrected chi connectivity index (χ0v) is 7.51. The number of Topliss-reactive ketones (excluding diaryl/α,β-unsaturated/α-hetero) is 1. The first kappa shape index (κ1) is 10.5. The number of carbonyl (C=O) groups excluding carboxylic acids is 1. The van der Waals surface area contributed by atoms with Gasteiger partial charge in [-0.15, -0.1) is 5.16 Å². The molecule has 0 aromatic carbocycles. The highest BCUT2D eigenvalue weighted by Crippen LogP contribution is 2.19. The van der Waals surface area contributed by atoms with Crippen LogP contribution in [0.2, 0.25) is 0 Å². The van der Waals surface area contributed by atoms with Crippen molar-refractivity contribution in [3.63, 3.8) is 0 Å². The van der Waals surface area contributed by atoms with Crippen LogP contribution >= 0.6 is 0 Å². The fourth-order valence-corrected chi connectivity index (χ4v) is 1.59. The zero-order valence-electron chi connectivity index (χ0n) is 7.51. The Kier molecular flexibility index (Phi) is 3.44. The zero-order chi connectivity index (χ0) is 10.6. The first-order chi connectivity index (χ1) is 6.63. The number of nitrogens with zero attached hydrogens (tertiary/aromatic N) is 1. The molecular formula is C8H12N2O4. The number of oxime groups is 1. The quantitative estimate of drug-likeness (QED) is 0.342. The molecule has 2 unspecified atom stereocenters. The highest BCUT2D eigenvalue weighted by molar-refractivity contribution is 5.95. The summed E-state index contributed by atoms with van der Waals surface area (Å²) in [6, 6.07) is -0.229. The van der Waals surface area contributed by atoms with E-state index in [0.29, 0.717) is 19.3 Å². The van der Waals surface area contributed by atoms with Crippen molar-refractivity contribution < 1.29 is 19.9 Å². The van der Waals surface area contributed by atoms with Crippen molar-refractivity contribution in [1.29, 1.82) is 0 Å². The third-order valence-electron chi connectivity index (χ3n) is 2.27. The van der Waals surface area contributed by atoms with Crippen LogP contribution in [-0.2, 0) is 4.79 Å². The molecule has 78 valence electrons. The van der Waals surface area contributed by atoms with Crippen molar-refractivity contribution in [2.75, 3.05) is 0 Å². The predicted molar refractivity (Wildman–Crippen MR) is 47.6 cm³/mol. The van der Waals surface area contributed by atoms with Crippen molar-refractivity contribution >= 4 is 18.1 Å². The van der Waals surface area contributed by atoms with Gasteiger partial charge in [-0.2, -0.15) is 0 Å². The lowest BCUT2D eigenvalue weighted by atomic mass is 9.85. The second-order valence-corrected chi connectivity index (χ2v) is 3.26. The van der Waals surface area contributed by atoms with Crippen molar-refractivity contribution in [2.45, 2.75) is 25.3 Å². The van der Waals surface area contributed by atoms with E-state index >= 15 is 0 Å². The predicted octanol–water partition coefficient (Wildman–Crippen LogP) is 0.452. The SMILES string of the molecule is O=C(O)NC1CCC(=O)C(C=NO)C1. The number of hydrogen-bond acceptors (Lipinski definition) is 4. The second kappa shape index (κ2) is 4.59. The molecule has 1 aliphatic carbocycles. The molecule has 0 aliphatic heterocycles. The molecule has 0 aromatic rings. The van der Waals surface area contributed by atoms with Gasteiger partial charge in [0.25, 0.3) is 0 Å². The van der Waals surface area contributed by atoms with Crippen molar-refractivity contribution in [1.82, 2.24) is 5.32 Å². The molecule has 1 fully saturated rings. The average molecular weight is 200 g/mol. The first-order valence-electron chi connectivity index (χ1n) is 4.33. The van der Waals surface area contributed by atoms with Crippen LogP contribution < -0.4 is 5.32 Å². The lowest BCUT2D eigenvalue weighted by Gasteiger charge is -2.25. The molecule has 0 aromatic heterocycles. The van der Waals surface area contributed by atoms with Crippen LogP contribution in [0.15, 0.2) is 5.16 Å². The van der Waals surface area contributed by atoms with Crippen molar-refractivity contribution in [3.8, 4) is 0 Å². The minimum atomic E-state index is -1.09. The average Bonchev–Trinajstić information content (AvgIpc) is 2.10. The number of ketones is 1. The van der Waals surface area contributed by atoms with Gasteiger partial charge in [-0.1, -0.05) is 0 Å². The largest absolute Gasteiger partial charge is 0.465 e. The lowest BCUT2D eigenvalue weighted by molar-refractivity contribution is -0.122. The van der Waals surface area contributed by atoms with E-state index in [0.717, 1.165) is 6.21 Å². The smallest absolute Gasteiger partial charge is 0.404 e. The topological polar surface area (TPSA) is 99.0 Å². The third kappa shape index (κ3) is 2.72. The number of nitrogens with one attached hydrogen (secondary N) is 1. The molecule has 2 atom stereocenters.